The Kier molecular flexibility index (Phi) is 9.95. The molecule has 1 aliphatic rings. The minimum absolute atomic E-state index is 0.0837. The minimum Gasteiger partial charge on any atom is -0.459 e. The Morgan fingerprint density at radius 1 is 1.08 bits per heavy atom. The molecule has 0 saturated carbocycles. The Bertz CT molecular complexity index is 1280. The second-order valence-corrected chi connectivity index (χ2v) is 17.7. The summed E-state index contributed by atoms with van der Waals surface area (Å²) in [5.41, 5.74) is -2.00. The van der Waals surface area contributed by atoms with Gasteiger partial charge in [0.15, 0.2) is 14.5 Å². The van der Waals surface area contributed by atoms with Crippen LogP contribution in [0.2, 0.25) is 18.1 Å². The average molecular weight is 583 g/mol. The van der Waals surface area contributed by atoms with E-state index < -0.39 is 57.2 Å². The minimum atomic E-state index is -3.94. The highest BCUT2D eigenvalue weighted by molar-refractivity contribution is 7.54. The fraction of sp³-hybridized carbons (Fsp3) is 0.577. The molecule has 3 rings (SSSR count). The van der Waals surface area contributed by atoms with Gasteiger partial charge in [-0.15, -0.1) is 0 Å². The van der Waals surface area contributed by atoms with Gasteiger partial charge in [-0.3, -0.25) is 18.9 Å². The van der Waals surface area contributed by atoms with Crippen LogP contribution in [0.15, 0.2) is 52.2 Å². The van der Waals surface area contributed by atoms with Crippen LogP contribution >= 0.6 is 7.60 Å². The maximum atomic E-state index is 14.3. The van der Waals surface area contributed by atoms with Crippen LogP contribution in [-0.2, 0) is 27.5 Å². The molecular weight excluding hydrogens is 543 g/mol. The van der Waals surface area contributed by atoms with Gasteiger partial charge in [-0.05, 0) is 44.1 Å². The van der Waals surface area contributed by atoms with Crippen molar-refractivity contribution in [1.29, 1.82) is 0 Å². The van der Waals surface area contributed by atoms with Crippen molar-refractivity contribution >= 4 is 21.9 Å². The Balaban J connectivity index is 2.12. The van der Waals surface area contributed by atoms with E-state index in [9.17, 15) is 18.9 Å². The van der Waals surface area contributed by atoms with E-state index in [0.717, 1.165) is 0 Å². The summed E-state index contributed by atoms with van der Waals surface area (Å²) >= 11 is 0. The topological polar surface area (TPSA) is 135 Å². The van der Waals surface area contributed by atoms with Crippen molar-refractivity contribution in [2.45, 2.75) is 76.8 Å². The number of nitrogens with zero attached hydrogens (tertiary/aromatic N) is 1. The van der Waals surface area contributed by atoms with Crippen molar-refractivity contribution in [1.82, 2.24) is 9.55 Å². The first-order valence-electron chi connectivity index (χ1n) is 13.0. The average Bonchev–Trinajstić information content (AvgIpc) is 3.20. The van der Waals surface area contributed by atoms with E-state index in [-0.39, 0.29) is 24.9 Å². The first kappa shape index (κ1) is 31.2. The first-order valence-corrected chi connectivity index (χ1v) is 17.5. The molecule has 1 aromatic carbocycles. The van der Waals surface area contributed by atoms with Crippen LogP contribution in [0, 0.1) is 0 Å². The Morgan fingerprint density at radius 2 is 1.69 bits per heavy atom. The summed E-state index contributed by atoms with van der Waals surface area (Å²) in [6.07, 6.45) is -1.81. The number of benzene rings is 1. The molecule has 1 aliphatic heterocycles. The third-order valence-corrected chi connectivity index (χ3v) is 14.1. The molecule has 39 heavy (non-hydrogen) atoms. The molecule has 13 heteroatoms. The van der Waals surface area contributed by atoms with Crippen molar-refractivity contribution in [2.75, 3.05) is 19.8 Å². The third-order valence-electron chi connectivity index (χ3n) is 7.05. The van der Waals surface area contributed by atoms with E-state index in [1.54, 1.807) is 44.2 Å². The fourth-order valence-electron chi connectivity index (χ4n) is 4.12. The Labute approximate surface area is 229 Å². The standard InChI is InChI=1S/C26H39N2O9PSi/c1-8-34-38(32,35-9-2)22-19(17-33-24(30)18-13-11-10-12-14-18)36-23(28-16-15-20(29)27-25(28)31)21(22)37-39(6,7)26(3,4)5/h10-16,19,21-23H,8-9,17H2,1-7H3,(H,27,29,31)/t19-,21-,22+,23-/m1/s1. The van der Waals surface area contributed by atoms with Gasteiger partial charge in [0.25, 0.3) is 5.56 Å². The molecule has 1 N–H and O–H groups in total. The number of hydrogen-bond acceptors (Lipinski definition) is 9. The summed E-state index contributed by atoms with van der Waals surface area (Å²) in [4.78, 5) is 39.7. The highest BCUT2D eigenvalue weighted by atomic mass is 31.2. The molecule has 0 aliphatic carbocycles. The van der Waals surface area contributed by atoms with E-state index in [1.807, 2.05) is 13.1 Å². The van der Waals surface area contributed by atoms with E-state index in [0.29, 0.717) is 5.56 Å². The number of H-pyrrole nitrogens is 1. The first-order chi connectivity index (χ1) is 18.2. The number of esters is 1. The van der Waals surface area contributed by atoms with Gasteiger partial charge in [0.2, 0.25) is 0 Å². The Morgan fingerprint density at radius 3 is 2.23 bits per heavy atom. The van der Waals surface area contributed by atoms with Crippen LogP contribution in [0.3, 0.4) is 0 Å². The van der Waals surface area contributed by atoms with E-state index >= 15 is 0 Å². The van der Waals surface area contributed by atoms with Crippen LogP contribution in [0.1, 0.15) is 51.2 Å². The molecular formula is C26H39N2O9PSi. The van der Waals surface area contributed by atoms with Gasteiger partial charge in [0.05, 0.1) is 18.8 Å². The molecule has 4 atom stereocenters. The molecule has 0 bridgehead atoms. The maximum absolute atomic E-state index is 14.3. The molecule has 2 aromatic rings. The number of aromatic amines is 1. The van der Waals surface area contributed by atoms with Crippen molar-refractivity contribution in [3.8, 4) is 0 Å². The van der Waals surface area contributed by atoms with Crippen molar-refractivity contribution in [2.24, 2.45) is 0 Å². The number of aromatic nitrogens is 2. The summed E-state index contributed by atoms with van der Waals surface area (Å²) in [6.45, 7) is 13.4. The third kappa shape index (κ3) is 7.06. The van der Waals surface area contributed by atoms with E-state index in [2.05, 4.69) is 25.8 Å². The number of carbonyl (C=O) groups is 1. The molecule has 0 amide bonds. The number of nitrogens with one attached hydrogen (secondary N) is 1. The van der Waals surface area contributed by atoms with Crippen LogP contribution in [0.25, 0.3) is 0 Å². The second kappa shape index (κ2) is 12.4. The van der Waals surface area contributed by atoms with Crippen molar-refractivity contribution < 1.29 is 32.3 Å². The lowest BCUT2D eigenvalue weighted by molar-refractivity contribution is -0.0548. The van der Waals surface area contributed by atoms with E-state index in [1.165, 1.54) is 16.8 Å². The van der Waals surface area contributed by atoms with Crippen molar-refractivity contribution in [3.05, 3.63) is 69.0 Å². The molecule has 216 valence electrons. The summed E-state index contributed by atoms with van der Waals surface area (Å²) in [5.74, 6) is -0.591. The molecule has 1 fully saturated rings. The molecule has 0 unspecified atom stereocenters. The molecule has 2 heterocycles. The van der Waals surface area contributed by atoms with Crippen molar-refractivity contribution in [3.63, 3.8) is 0 Å². The smallest absolute Gasteiger partial charge is 0.339 e. The predicted molar refractivity (Wildman–Crippen MR) is 149 cm³/mol. The SMILES string of the molecule is CCOP(=O)(OCC)[C@@H]1[C@@H](O[Si](C)(C)C(C)(C)C)[C@H](n2ccc(=O)[nH]c2=O)O[C@@H]1COC(=O)c1ccccc1. The Hall–Kier alpha value is -2.34. The number of rotatable bonds is 11. The number of carbonyl (C=O) groups excluding carboxylic acids is 1. The molecule has 1 aromatic heterocycles. The maximum Gasteiger partial charge on any atom is 0.339 e. The zero-order valence-electron chi connectivity index (χ0n) is 23.5. The van der Waals surface area contributed by atoms with Crippen LogP contribution in [-0.4, -0.2) is 61.5 Å². The summed E-state index contributed by atoms with van der Waals surface area (Å²) < 4.78 is 45.7. The van der Waals surface area contributed by atoms with Crippen LogP contribution in [0.4, 0.5) is 0 Å². The molecule has 11 nitrogen and oxygen atoms in total. The van der Waals surface area contributed by atoms with Gasteiger partial charge in [-0.1, -0.05) is 39.0 Å². The molecule has 1 saturated heterocycles. The predicted octanol–water partition coefficient (Wildman–Crippen LogP) is 4.32. The van der Waals surface area contributed by atoms with Gasteiger partial charge in [-0.2, -0.15) is 0 Å². The second-order valence-electron chi connectivity index (χ2n) is 10.8. The quantitative estimate of drug-likeness (QED) is 0.233. The lowest BCUT2D eigenvalue weighted by Crippen LogP contribution is -2.50. The van der Waals surface area contributed by atoms with Gasteiger partial charge in [0, 0.05) is 12.3 Å². The summed E-state index contributed by atoms with van der Waals surface area (Å²) in [7, 11) is -6.51. The normalized spacial score (nSPS) is 22.1. The zero-order valence-corrected chi connectivity index (χ0v) is 25.4. The molecule has 0 radical (unpaired) electrons. The van der Waals surface area contributed by atoms with Gasteiger partial charge in [-0.25, -0.2) is 9.59 Å². The van der Waals surface area contributed by atoms with Crippen LogP contribution in [0.5, 0.6) is 0 Å². The summed E-state index contributed by atoms with van der Waals surface area (Å²) in [6, 6.07) is 9.63. The van der Waals surface area contributed by atoms with Crippen LogP contribution < -0.4 is 11.2 Å². The van der Waals surface area contributed by atoms with Gasteiger partial charge >= 0.3 is 19.3 Å². The highest BCUT2D eigenvalue weighted by Gasteiger charge is 2.59. The fourth-order valence-corrected chi connectivity index (χ4v) is 7.80. The van der Waals surface area contributed by atoms with Gasteiger partial charge < -0.3 is 22.9 Å². The van der Waals surface area contributed by atoms with E-state index in [4.69, 9.17) is 22.9 Å². The monoisotopic (exact) mass is 582 g/mol. The molecule has 0 spiro atoms. The van der Waals surface area contributed by atoms with Gasteiger partial charge in [0.1, 0.15) is 24.5 Å². The largest absolute Gasteiger partial charge is 0.459 e. The lowest BCUT2D eigenvalue weighted by atomic mass is 10.2. The summed E-state index contributed by atoms with van der Waals surface area (Å²) in [5, 5.41) is -0.253. The number of ether oxygens (including phenoxy) is 2. The zero-order chi connectivity index (χ0) is 29.0. The highest BCUT2D eigenvalue weighted by Crippen LogP contribution is 2.61. The number of hydrogen-bond donors (Lipinski definition) is 1. The lowest BCUT2D eigenvalue weighted by Gasteiger charge is -2.41.